The van der Waals surface area contributed by atoms with Crippen molar-refractivity contribution in [2.75, 3.05) is 4.90 Å². The number of carbonyl (C=O) groups excluding carboxylic acids is 1. The van der Waals surface area contributed by atoms with Crippen LogP contribution < -0.4 is 10.5 Å². The van der Waals surface area contributed by atoms with Gasteiger partial charge in [-0.25, -0.2) is 4.98 Å². The number of carbonyl (C=O) groups is 1. The van der Waals surface area contributed by atoms with Gasteiger partial charge in [-0.15, -0.1) is 0 Å². The summed E-state index contributed by atoms with van der Waals surface area (Å²) in [6.07, 6.45) is 6.73. The van der Waals surface area contributed by atoms with Crippen LogP contribution in [0.2, 0.25) is 10.0 Å². The number of rotatable bonds is 4. The minimum Gasteiger partial charge on any atom is -0.308 e. The molecule has 1 aliphatic carbocycles. The predicted molar refractivity (Wildman–Crippen MR) is 117 cm³/mol. The first-order valence-corrected chi connectivity index (χ1v) is 10.5. The highest BCUT2D eigenvalue weighted by atomic mass is 35.5. The van der Waals surface area contributed by atoms with Crippen LogP contribution in [0.5, 0.6) is 0 Å². The fourth-order valence-electron chi connectivity index (χ4n) is 4.02. The molecule has 0 saturated heterocycles. The van der Waals surface area contributed by atoms with Gasteiger partial charge in [0.15, 0.2) is 0 Å². The first-order valence-electron chi connectivity index (χ1n) is 9.76. The SMILES string of the molecule is O=C(Cn1cnc2c(Cl)cc(Cl)cc2c1=O)N(c1ccccc1)C1CCCCC1. The van der Waals surface area contributed by atoms with Crippen molar-refractivity contribution in [2.45, 2.75) is 44.7 Å². The summed E-state index contributed by atoms with van der Waals surface area (Å²) in [5.41, 5.74) is 0.915. The Morgan fingerprint density at radius 1 is 1.10 bits per heavy atom. The predicted octanol–water partition coefficient (Wildman–Crippen LogP) is 5.07. The van der Waals surface area contributed by atoms with Crippen molar-refractivity contribution in [1.82, 2.24) is 9.55 Å². The molecule has 0 spiro atoms. The van der Waals surface area contributed by atoms with Gasteiger partial charge in [0.1, 0.15) is 6.54 Å². The normalized spacial score (nSPS) is 14.8. The first-order chi connectivity index (χ1) is 14.0. The van der Waals surface area contributed by atoms with E-state index in [1.807, 2.05) is 35.2 Å². The fraction of sp³-hybridized carbons (Fsp3) is 0.318. The van der Waals surface area contributed by atoms with E-state index in [4.69, 9.17) is 23.2 Å². The number of hydrogen-bond donors (Lipinski definition) is 0. The molecule has 150 valence electrons. The lowest BCUT2D eigenvalue weighted by molar-refractivity contribution is -0.119. The second kappa shape index (κ2) is 8.56. The summed E-state index contributed by atoms with van der Waals surface area (Å²) in [5.74, 6) is -0.125. The summed E-state index contributed by atoms with van der Waals surface area (Å²) in [4.78, 5) is 32.4. The Bertz CT molecular complexity index is 1090. The van der Waals surface area contributed by atoms with Crippen LogP contribution in [0.1, 0.15) is 32.1 Å². The van der Waals surface area contributed by atoms with Crippen LogP contribution in [0.15, 0.2) is 53.6 Å². The van der Waals surface area contributed by atoms with E-state index in [2.05, 4.69) is 4.98 Å². The molecule has 0 bridgehead atoms. The number of hydrogen-bond acceptors (Lipinski definition) is 3. The van der Waals surface area contributed by atoms with Gasteiger partial charge in [-0.05, 0) is 37.1 Å². The molecule has 1 amide bonds. The molecule has 0 atom stereocenters. The molecule has 1 fully saturated rings. The Kier molecular flexibility index (Phi) is 5.88. The van der Waals surface area contributed by atoms with E-state index in [1.54, 1.807) is 6.07 Å². The largest absolute Gasteiger partial charge is 0.308 e. The maximum atomic E-state index is 13.3. The Labute approximate surface area is 178 Å². The number of anilines is 1. The van der Waals surface area contributed by atoms with Crippen molar-refractivity contribution in [3.8, 4) is 0 Å². The number of fused-ring (bicyclic) bond motifs is 1. The zero-order valence-electron chi connectivity index (χ0n) is 15.9. The molecule has 5 nitrogen and oxygen atoms in total. The topological polar surface area (TPSA) is 55.2 Å². The minimum atomic E-state index is -0.329. The molecule has 1 saturated carbocycles. The molecular formula is C22H21Cl2N3O2. The van der Waals surface area contributed by atoms with E-state index < -0.39 is 0 Å². The third-order valence-electron chi connectivity index (χ3n) is 5.39. The summed E-state index contributed by atoms with van der Waals surface area (Å²) in [7, 11) is 0. The van der Waals surface area contributed by atoms with Crippen molar-refractivity contribution >= 4 is 45.7 Å². The molecule has 4 rings (SSSR count). The van der Waals surface area contributed by atoms with Crippen LogP contribution in [0.4, 0.5) is 5.69 Å². The lowest BCUT2D eigenvalue weighted by atomic mass is 9.93. The van der Waals surface area contributed by atoms with Gasteiger partial charge >= 0.3 is 0 Å². The molecule has 0 N–H and O–H groups in total. The zero-order chi connectivity index (χ0) is 20.4. The van der Waals surface area contributed by atoms with Crippen LogP contribution in [0.25, 0.3) is 10.9 Å². The minimum absolute atomic E-state index is 0.0860. The van der Waals surface area contributed by atoms with Crippen LogP contribution >= 0.6 is 23.2 Å². The zero-order valence-corrected chi connectivity index (χ0v) is 17.4. The van der Waals surface area contributed by atoms with Crippen molar-refractivity contribution < 1.29 is 4.79 Å². The molecule has 1 aliphatic rings. The molecule has 0 aliphatic heterocycles. The molecule has 3 aromatic rings. The lowest BCUT2D eigenvalue weighted by Crippen LogP contribution is -2.44. The van der Waals surface area contributed by atoms with E-state index in [9.17, 15) is 9.59 Å². The van der Waals surface area contributed by atoms with Crippen molar-refractivity contribution in [3.05, 3.63) is 69.2 Å². The average molecular weight is 430 g/mol. The molecule has 7 heteroatoms. The van der Waals surface area contributed by atoms with Crippen LogP contribution in [0.3, 0.4) is 0 Å². The van der Waals surface area contributed by atoms with Crippen LogP contribution in [0, 0.1) is 0 Å². The number of para-hydroxylation sites is 1. The maximum absolute atomic E-state index is 13.3. The lowest BCUT2D eigenvalue weighted by Gasteiger charge is -2.34. The van der Waals surface area contributed by atoms with Gasteiger partial charge in [0.25, 0.3) is 5.56 Å². The van der Waals surface area contributed by atoms with Crippen molar-refractivity contribution in [1.29, 1.82) is 0 Å². The molecule has 2 aromatic carbocycles. The van der Waals surface area contributed by atoms with E-state index in [1.165, 1.54) is 23.4 Å². The van der Waals surface area contributed by atoms with Gasteiger partial charge in [-0.2, -0.15) is 0 Å². The average Bonchev–Trinajstić information content (AvgIpc) is 2.72. The van der Waals surface area contributed by atoms with Gasteiger partial charge in [0.05, 0.1) is 22.3 Å². The highest BCUT2D eigenvalue weighted by molar-refractivity contribution is 6.38. The second-order valence-electron chi connectivity index (χ2n) is 7.35. The first kappa shape index (κ1) is 19.9. The number of benzene rings is 2. The van der Waals surface area contributed by atoms with Gasteiger partial charge in [-0.1, -0.05) is 60.7 Å². The maximum Gasteiger partial charge on any atom is 0.261 e. The second-order valence-corrected chi connectivity index (χ2v) is 8.20. The number of nitrogens with zero attached hydrogens (tertiary/aromatic N) is 3. The Morgan fingerprint density at radius 3 is 2.55 bits per heavy atom. The van der Waals surface area contributed by atoms with Crippen molar-refractivity contribution in [2.24, 2.45) is 0 Å². The molecule has 1 heterocycles. The summed E-state index contributed by atoms with van der Waals surface area (Å²) >= 11 is 12.2. The van der Waals surface area contributed by atoms with E-state index in [-0.39, 0.29) is 24.1 Å². The molecule has 1 aromatic heterocycles. The molecule has 0 radical (unpaired) electrons. The monoisotopic (exact) mass is 429 g/mol. The quantitative estimate of drug-likeness (QED) is 0.581. The van der Waals surface area contributed by atoms with Crippen molar-refractivity contribution in [3.63, 3.8) is 0 Å². The number of halogens is 2. The van der Waals surface area contributed by atoms with Gasteiger partial charge < -0.3 is 4.90 Å². The Balaban J connectivity index is 1.69. The van der Waals surface area contributed by atoms with E-state index in [0.29, 0.717) is 20.9 Å². The molecule has 0 unspecified atom stereocenters. The molecular weight excluding hydrogens is 409 g/mol. The summed E-state index contributed by atoms with van der Waals surface area (Å²) in [6.45, 7) is -0.0860. The van der Waals surface area contributed by atoms with Gasteiger partial charge in [0, 0.05) is 16.8 Å². The fourth-order valence-corrected chi connectivity index (χ4v) is 4.56. The number of aromatic nitrogens is 2. The third kappa shape index (κ3) is 4.16. The Morgan fingerprint density at radius 2 is 1.83 bits per heavy atom. The highest BCUT2D eigenvalue weighted by Crippen LogP contribution is 2.28. The number of amides is 1. The van der Waals surface area contributed by atoms with Crippen LogP contribution in [-0.4, -0.2) is 21.5 Å². The summed E-state index contributed by atoms with van der Waals surface area (Å²) < 4.78 is 1.33. The Hall–Kier alpha value is -2.37. The van der Waals surface area contributed by atoms with Crippen LogP contribution in [-0.2, 0) is 11.3 Å². The summed E-state index contributed by atoms with van der Waals surface area (Å²) in [5, 5.41) is 0.983. The molecule has 29 heavy (non-hydrogen) atoms. The third-order valence-corrected chi connectivity index (χ3v) is 5.90. The van der Waals surface area contributed by atoms with Gasteiger partial charge in [-0.3, -0.25) is 14.2 Å². The smallest absolute Gasteiger partial charge is 0.261 e. The standard InChI is InChI=1S/C22H21Cl2N3O2/c23-15-11-18-21(19(24)12-15)25-14-26(22(18)29)13-20(28)27(16-7-3-1-4-8-16)17-9-5-2-6-10-17/h1,3-4,7-8,11-12,14,17H,2,5-6,9-10,13H2. The van der Waals surface area contributed by atoms with Gasteiger partial charge in [0.2, 0.25) is 5.91 Å². The van der Waals surface area contributed by atoms with E-state index >= 15 is 0 Å². The van der Waals surface area contributed by atoms with E-state index in [0.717, 1.165) is 31.4 Å². The highest BCUT2D eigenvalue weighted by Gasteiger charge is 2.27. The summed E-state index contributed by atoms with van der Waals surface area (Å²) in [6, 6.07) is 12.9.